The van der Waals surface area contributed by atoms with Crippen molar-refractivity contribution in [3.63, 3.8) is 0 Å². The van der Waals surface area contributed by atoms with E-state index in [9.17, 15) is 0 Å². The van der Waals surface area contributed by atoms with Gasteiger partial charge in [-0.3, -0.25) is 4.98 Å². The number of halogens is 1. The molecule has 0 aliphatic rings. The summed E-state index contributed by atoms with van der Waals surface area (Å²) in [6, 6.07) is 4.03. The molecule has 2 heterocycles. The zero-order valence-electron chi connectivity index (χ0n) is 15.6. The van der Waals surface area contributed by atoms with Gasteiger partial charge in [0, 0.05) is 18.6 Å². The lowest BCUT2D eigenvalue weighted by atomic mass is 10.1. The van der Waals surface area contributed by atoms with Gasteiger partial charge < -0.3 is 0 Å². The summed E-state index contributed by atoms with van der Waals surface area (Å²) < 4.78 is 0.748. The molecule has 0 radical (unpaired) electrons. The Hall–Kier alpha value is -1.62. The molecule has 0 aliphatic carbocycles. The van der Waals surface area contributed by atoms with Gasteiger partial charge in [-0.15, -0.1) is 0 Å². The van der Waals surface area contributed by atoms with Crippen LogP contribution < -0.4 is 0 Å². The molecule has 0 aromatic carbocycles. The van der Waals surface area contributed by atoms with Crippen molar-refractivity contribution in [2.24, 2.45) is 10.9 Å². The molecule has 0 spiro atoms. The number of aliphatic imine (C=N–C) groups is 1. The standard InChI is InChI=1S/C10H14BrN3.C7H9N.C2H6/c1-4-7(2)5-12-10-8(3)14-9(11)6-13-10;1-2-7-4-3-5-8-6-7;1-2/h5-7H,4H2,1-3H3;3-6H,2H2,1H3;1-2H3. The molecule has 0 bridgehead atoms. The molecule has 132 valence electrons. The van der Waals surface area contributed by atoms with E-state index in [4.69, 9.17) is 0 Å². The Bertz CT molecular complexity index is 585. The molecule has 4 nitrogen and oxygen atoms in total. The highest BCUT2D eigenvalue weighted by Gasteiger charge is 2.00. The van der Waals surface area contributed by atoms with E-state index >= 15 is 0 Å². The van der Waals surface area contributed by atoms with Crippen molar-refractivity contribution >= 4 is 28.0 Å². The predicted octanol–water partition coefficient (Wildman–Crippen LogP) is 5.97. The number of aromatic nitrogens is 3. The minimum Gasteiger partial charge on any atom is -0.264 e. The van der Waals surface area contributed by atoms with Gasteiger partial charge in [-0.1, -0.05) is 40.7 Å². The zero-order chi connectivity index (χ0) is 18.4. The molecule has 2 aromatic heterocycles. The van der Waals surface area contributed by atoms with Gasteiger partial charge in [0.2, 0.25) is 0 Å². The van der Waals surface area contributed by atoms with Gasteiger partial charge in [-0.05, 0) is 53.2 Å². The fourth-order valence-electron chi connectivity index (χ4n) is 1.48. The summed E-state index contributed by atoms with van der Waals surface area (Å²) in [4.78, 5) is 16.6. The van der Waals surface area contributed by atoms with Gasteiger partial charge in [0.15, 0.2) is 5.82 Å². The average molecular weight is 393 g/mol. The van der Waals surface area contributed by atoms with E-state index in [2.05, 4.69) is 62.7 Å². The first-order valence-electron chi connectivity index (χ1n) is 8.49. The monoisotopic (exact) mass is 392 g/mol. The summed E-state index contributed by atoms with van der Waals surface area (Å²) in [7, 11) is 0. The van der Waals surface area contributed by atoms with Crippen LogP contribution in [0, 0.1) is 12.8 Å². The van der Waals surface area contributed by atoms with E-state index in [1.165, 1.54) is 5.56 Å². The molecule has 0 amide bonds. The van der Waals surface area contributed by atoms with Crippen LogP contribution in [0.3, 0.4) is 0 Å². The van der Waals surface area contributed by atoms with Crippen LogP contribution in [0.1, 0.15) is 52.3 Å². The highest BCUT2D eigenvalue weighted by molar-refractivity contribution is 9.10. The second-order valence-corrected chi connectivity index (χ2v) is 5.79. The Morgan fingerprint density at radius 3 is 2.42 bits per heavy atom. The van der Waals surface area contributed by atoms with Gasteiger partial charge in [-0.25, -0.2) is 15.0 Å². The van der Waals surface area contributed by atoms with E-state index < -0.39 is 0 Å². The largest absolute Gasteiger partial charge is 0.264 e. The Kier molecular flexibility index (Phi) is 12.9. The van der Waals surface area contributed by atoms with E-state index in [-0.39, 0.29) is 0 Å². The predicted molar refractivity (Wildman–Crippen MR) is 107 cm³/mol. The lowest BCUT2D eigenvalue weighted by Crippen LogP contribution is -1.93. The third-order valence-corrected chi connectivity index (χ3v) is 3.50. The lowest BCUT2D eigenvalue weighted by Gasteiger charge is -2.00. The first-order valence-corrected chi connectivity index (χ1v) is 9.28. The van der Waals surface area contributed by atoms with Crippen LogP contribution in [0.5, 0.6) is 0 Å². The van der Waals surface area contributed by atoms with E-state index in [0.717, 1.165) is 23.1 Å². The van der Waals surface area contributed by atoms with Gasteiger partial charge in [-0.2, -0.15) is 0 Å². The molecule has 0 fully saturated rings. The number of hydrogen-bond donors (Lipinski definition) is 0. The van der Waals surface area contributed by atoms with Gasteiger partial charge in [0.1, 0.15) is 4.60 Å². The summed E-state index contributed by atoms with van der Waals surface area (Å²) in [5, 5.41) is 0. The van der Waals surface area contributed by atoms with Crippen molar-refractivity contribution in [2.45, 2.75) is 54.4 Å². The molecule has 0 saturated carbocycles. The summed E-state index contributed by atoms with van der Waals surface area (Å²) >= 11 is 3.26. The molecular weight excluding hydrogens is 364 g/mol. The van der Waals surface area contributed by atoms with Crippen LogP contribution in [0.25, 0.3) is 0 Å². The molecular formula is C19H29BrN4. The fraction of sp³-hybridized carbons (Fsp3) is 0.474. The normalized spacial score (nSPS) is 11.1. The van der Waals surface area contributed by atoms with E-state index in [1.54, 1.807) is 12.4 Å². The van der Waals surface area contributed by atoms with E-state index in [1.807, 2.05) is 39.2 Å². The van der Waals surface area contributed by atoms with Gasteiger partial charge >= 0.3 is 0 Å². The topological polar surface area (TPSA) is 51.0 Å². The minimum absolute atomic E-state index is 0.486. The molecule has 0 aliphatic heterocycles. The first kappa shape index (κ1) is 22.4. The number of hydrogen-bond acceptors (Lipinski definition) is 4. The van der Waals surface area contributed by atoms with Crippen LogP contribution in [-0.2, 0) is 6.42 Å². The molecule has 0 N–H and O–H groups in total. The third kappa shape index (κ3) is 9.50. The van der Waals surface area contributed by atoms with Crippen molar-refractivity contribution in [1.29, 1.82) is 0 Å². The molecule has 1 atom stereocenters. The summed E-state index contributed by atoms with van der Waals surface area (Å²) in [6.07, 6.45) is 9.43. The zero-order valence-corrected chi connectivity index (χ0v) is 17.2. The maximum absolute atomic E-state index is 4.30. The highest BCUT2D eigenvalue weighted by Crippen LogP contribution is 2.15. The molecule has 24 heavy (non-hydrogen) atoms. The number of aryl methyl sites for hydroxylation is 2. The van der Waals surface area contributed by atoms with Crippen molar-refractivity contribution in [1.82, 2.24) is 15.0 Å². The molecule has 0 saturated heterocycles. The van der Waals surface area contributed by atoms with Crippen LogP contribution in [0.15, 0.2) is 40.3 Å². The number of pyridine rings is 1. The van der Waals surface area contributed by atoms with Crippen LogP contribution in [0.4, 0.5) is 5.82 Å². The molecule has 2 aromatic rings. The van der Waals surface area contributed by atoms with Gasteiger partial charge in [0.05, 0.1) is 11.9 Å². The maximum atomic E-state index is 4.30. The highest BCUT2D eigenvalue weighted by atomic mass is 79.9. The first-order chi connectivity index (χ1) is 11.6. The Morgan fingerprint density at radius 1 is 1.25 bits per heavy atom. The quantitative estimate of drug-likeness (QED) is 0.602. The summed E-state index contributed by atoms with van der Waals surface area (Å²) in [5.74, 6) is 1.19. The Balaban J connectivity index is 0.000000447. The van der Waals surface area contributed by atoms with E-state index in [0.29, 0.717) is 11.7 Å². The van der Waals surface area contributed by atoms with Crippen molar-refractivity contribution < 1.29 is 0 Å². The van der Waals surface area contributed by atoms with Crippen LogP contribution in [-0.4, -0.2) is 21.2 Å². The lowest BCUT2D eigenvalue weighted by molar-refractivity contribution is 0.754. The molecule has 2 rings (SSSR count). The fourth-order valence-corrected chi connectivity index (χ4v) is 1.85. The van der Waals surface area contributed by atoms with Crippen molar-refractivity contribution in [3.8, 4) is 0 Å². The Labute approximate surface area is 155 Å². The SMILES string of the molecule is CC.CCC(C)C=Nc1ncc(Br)nc1C.CCc1cccnc1. The van der Waals surface area contributed by atoms with Crippen LogP contribution >= 0.6 is 15.9 Å². The average Bonchev–Trinajstić information content (AvgIpc) is 2.63. The van der Waals surface area contributed by atoms with Crippen molar-refractivity contribution in [2.75, 3.05) is 0 Å². The minimum atomic E-state index is 0.486. The Morgan fingerprint density at radius 2 is 1.96 bits per heavy atom. The number of nitrogens with zero attached hydrogens (tertiary/aromatic N) is 4. The third-order valence-electron chi connectivity index (χ3n) is 3.12. The second-order valence-electron chi connectivity index (χ2n) is 4.98. The second kappa shape index (κ2) is 13.8. The summed E-state index contributed by atoms with van der Waals surface area (Å²) in [5.41, 5.74) is 2.14. The molecule has 1 unspecified atom stereocenters. The summed E-state index contributed by atoms with van der Waals surface area (Å²) in [6.45, 7) is 12.3. The van der Waals surface area contributed by atoms with Crippen molar-refractivity contribution in [3.05, 3.63) is 46.6 Å². The maximum Gasteiger partial charge on any atom is 0.173 e. The van der Waals surface area contributed by atoms with Gasteiger partial charge in [0.25, 0.3) is 0 Å². The van der Waals surface area contributed by atoms with Crippen LogP contribution in [0.2, 0.25) is 0 Å². The smallest absolute Gasteiger partial charge is 0.173 e. The molecule has 5 heteroatoms. The number of rotatable bonds is 4.